The molecule has 1 amide bonds. The molecule has 1 aliphatic carbocycles. The third-order valence-corrected chi connectivity index (χ3v) is 2.77. The van der Waals surface area contributed by atoms with Crippen molar-refractivity contribution in [2.24, 2.45) is 5.92 Å². The first-order valence-corrected chi connectivity index (χ1v) is 5.73. The number of nitrogens with one attached hydrogen (secondary N) is 1. The number of amides is 1. The highest BCUT2D eigenvalue weighted by molar-refractivity contribution is 5.77. The summed E-state index contributed by atoms with van der Waals surface area (Å²) in [6.07, 6.45) is 2.46. The van der Waals surface area contributed by atoms with Crippen LogP contribution in [-0.2, 0) is 14.3 Å². The fourth-order valence-electron chi connectivity index (χ4n) is 1.85. The van der Waals surface area contributed by atoms with Gasteiger partial charge in [0, 0.05) is 13.7 Å². The summed E-state index contributed by atoms with van der Waals surface area (Å²) in [5, 5.41) is 12.1. The van der Waals surface area contributed by atoms with E-state index < -0.39 is 0 Å². The van der Waals surface area contributed by atoms with Crippen molar-refractivity contribution in [2.45, 2.75) is 25.4 Å². The van der Waals surface area contributed by atoms with Gasteiger partial charge in [-0.15, -0.1) is 0 Å². The van der Waals surface area contributed by atoms with Gasteiger partial charge in [-0.05, 0) is 25.2 Å². The highest BCUT2D eigenvalue weighted by atomic mass is 16.5. The Labute approximate surface area is 96.1 Å². The number of rotatable bonds is 7. The summed E-state index contributed by atoms with van der Waals surface area (Å²) in [5.74, 6) is 0.315. The molecule has 0 aromatic rings. The molecule has 5 heteroatoms. The van der Waals surface area contributed by atoms with Crippen LogP contribution in [0.3, 0.4) is 0 Å². The number of ether oxygens (including phenoxy) is 2. The summed E-state index contributed by atoms with van der Waals surface area (Å²) in [6.45, 7) is 1.66. The minimum Gasteiger partial charge on any atom is -0.393 e. The average molecular weight is 231 g/mol. The molecule has 16 heavy (non-hydrogen) atoms. The molecule has 1 saturated carbocycles. The fourth-order valence-corrected chi connectivity index (χ4v) is 1.85. The standard InChI is InChI=1S/C11H21NO4/c1-15-4-5-16-8-11(14)12-7-9-2-3-10(13)6-9/h9-10,13H,2-8H2,1H3,(H,12,14). The minimum absolute atomic E-state index is 0.0820. The van der Waals surface area contributed by atoms with Gasteiger partial charge in [0.25, 0.3) is 0 Å². The van der Waals surface area contributed by atoms with E-state index in [0.717, 1.165) is 19.3 Å². The van der Waals surface area contributed by atoms with Gasteiger partial charge < -0.3 is 19.9 Å². The SMILES string of the molecule is COCCOCC(=O)NCC1CCC(O)C1. The van der Waals surface area contributed by atoms with Crippen LogP contribution in [0.25, 0.3) is 0 Å². The molecule has 94 valence electrons. The number of aliphatic hydroxyl groups excluding tert-OH is 1. The van der Waals surface area contributed by atoms with E-state index in [2.05, 4.69) is 5.32 Å². The number of carbonyl (C=O) groups excluding carboxylic acids is 1. The lowest BCUT2D eigenvalue weighted by Crippen LogP contribution is -2.32. The molecule has 0 aromatic heterocycles. The molecule has 0 aromatic carbocycles. The second kappa shape index (κ2) is 7.60. The summed E-state index contributed by atoms with van der Waals surface area (Å²) in [4.78, 5) is 11.3. The Bertz CT molecular complexity index is 210. The Kier molecular flexibility index (Phi) is 6.37. The molecule has 0 radical (unpaired) electrons. The van der Waals surface area contributed by atoms with Crippen LogP contribution in [0.2, 0.25) is 0 Å². The summed E-state index contributed by atoms with van der Waals surface area (Å²) in [6, 6.07) is 0. The van der Waals surface area contributed by atoms with E-state index in [0.29, 0.717) is 25.7 Å². The van der Waals surface area contributed by atoms with Crippen molar-refractivity contribution in [3.8, 4) is 0 Å². The van der Waals surface area contributed by atoms with Gasteiger partial charge >= 0.3 is 0 Å². The van der Waals surface area contributed by atoms with E-state index in [4.69, 9.17) is 9.47 Å². The van der Waals surface area contributed by atoms with Crippen LogP contribution < -0.4 is 5.32 Å². The summed E-state index contributed by atoms with van der Waals surface area (Å²) < 4.78 is 9.88. The summed E-state index contributed by atoms with van der Waals surface area (Å²) in [7, 11) is 1.59. The Balaban J connectivity index is 1.97. The van der Waals surface area contributed by atoms with Crippen LogP contribution in [0, 0.1) is 5.92 Å². The smallest absolute Gasteiger partial charge is 0.246 e. The Morgan fingerprint density at radius 3 is 2.88 bits per heavy atom. The molecule has 2 atom stereocenters. The third-order valence-electron chi connectivity index (χ3n) is 2.77. The van der Waals surface area contributed by atoms with Gasteiger partial charge in [-0.2, -0.15) is 0 Å². The van der Waals surface area contributed by atoms with Gasteiger partial charge in [-0.3, -0.25) is 4.79 Å². The van der Waals surface area contributed by atoms with Gasteiger partial charge in [0.1, 0.15) is 6.61 Å². The van der Waals surface area contributed by atoms with Crippen LogP contribution in [0.15, 0.2) is 0 Å². The molecule has 0 spiro atoms. The highest BCUT2D eigenvalue weighted by Gasteiger charge is 2.22. The monoisotopic (exact) mass is 231 g/mol. The molecule has 1 rings (SSSR count). The zero-order chi connectivity index (χ0) is 11.8. The first kappa shape index (κ1) is 13.4. The topological polar surface area (TPSA) is 67.8 Å². The number of methoxy groups -OCH3 is 1. The predicted molar refractivity (Wildman–Crippen MR) is 59.1 cm³/mol. The highest BCUT2D eigenvalue weighted by Crippen LogP contribution is 2.24. The molecule has 0 saturated heterocycles. The van der Waals surface area contributed by atoms with E-state index in [9.17, 15) is 9.90 Å². The largest absolute Gasteiger partial charge is 0.393 e. The molecule has 1 aliphatic rings. The Hall–Kier alpha value is -0.650. The number of hydrogen-bond acceptors (Lipinski definition) is 4. The second-order valence-corrected chi connectivity index (χ2v) is 4.18. The molecule has 1 fully saturated rings. The number of aliphatic hydroxyl groups is 1. The maximum Gasteiger partial charge on any atom is 0.246 e. The van der Waals surface area contributed by atoms with Crippen molar-refractivity contribution >= 4 is 5.91 Å². The van der Waals surface area contributed by atoms with E-state index in [1.165, 1.54) is 0 Å². The van der Waals surface area contributed by atoms with Crippen LogP contribution in [0.5, 0.6) is 0 Å². The lowest BCUT2D eigenvalue weighted by atomic mass is 10.1. The van der Waals surface area contributed by atoms with E-state index in [1.54, 1.807) is 7.11 Å². The maximum absolute atomic E-state index is 11.3. The predicted octanol–water partition coefficient (Wildman–Crippen LogP) is -0.0734. The van der Waals surface area contributed by atoms with Gasteiger partial charge in [0.15, 0.2) is 0 Å². The molecule has 0 bridgehead atoms. The van der Waals surface area contributed by atoms with Crippen molar-refractivity contribution in [2.75, 3.05) is 33.5 Å². The molecule has 0 heterocycles. The van der Waals surface area contributed by atoms with Crippen molar-refractivity contribution in [3.63, 3.8) is 0 Å². The zero-order valence-corrected chi connectivity index (χ0v) is 9.78. The van der Waals surface area contributed by atoms with Gasteiger partial charge in [-0.25, -0.2) is 0 Å². The van der Waals surface area contributed by atoms with Gasteiger partial charge in [-0.1, -0.05) is 0 Å². The van der Waals surface area contributed by atoms with E-state index >= 15 is 0 Å². The first-order valence-electron chi connectivity index (χ1n) is 5.73. The average Bonchev–Trinajstić information content (AvgIpc) is 2.68. The Morgan fingerprint density at radius 2 is 2.25 bits per heavy atom. The molecule has 5 nitrogen and oxygen atoms in total. The molecule has 2 N–H and O–H groups in total. The van der Waals surface area contributed by atoms with Crippen LogP contribution in [0.1, 0.15) is 19.3 Å². The van der Waals surface area contributed by atoms with Crippen molar-refractivity contribution in [3.05, 3.63) is 0 Å². The number of carbonyl (C=O) groups is 1. The van der Waals surface area contributed by atoms with Crippen molar-refractivity contribution in [1.82, 2.24) is 5.32 Å². The lowest BCUT2D eigenvalue weighted by molar-refractivity contribution is -0.126. The number of hydrogen-bond donors (Lipinski definition) is 2. The summed E-state index contributed by atoms with van der Waals surface area (Å²) >= 11 is 0. The normalized spacial score (nSPS) is 24.6. The molecule has 0 aliphatic heterocycles. The van der Waals surface area contributed by atoms with E-state index in [-0.39, 0.29) is 18.6 Å². The molecule has 2 unspecified atom stereocenters. The van der Waals surface area contributed by atoms with Crippen LogP contribution in [0.4, 0.5) is 0 Å². The van der Waals surface area contributed by atoms with E-state index in [1.807, 2.05) is 0 Å². The minimum atomic E-state index is -0.181. The fraction of sp³-hybridized carbons (Fsp3) is 0.909. The van der Waals surface area contributed by atoms with Gasteiger partial charge in [0.05, 0.1) is 19.3 Å². The zero-order valence-electron chi connectivity index (χ0n) is 9.78. The van der Waals surface area contributed by atoms with Crippen molar-refractivity contribution in [1.29, 1.82) is 0 Å². The Morgan fingerprint density at radius 1 is 1.44 bits per heavy atom. The lowest BCUT2D eigenvalue weighted by Gasteiger charge is -2.10. The molecular weight excluding hydrogens is 210 g/mol. The van der Waals surface area contributed by atoms with Crippen LogP contribution >= 0.6 is 0 Å². The molecular formula is C11H21NO4. The second-order valence-electron chi connectivity index (χ2n) is 4.18. The summed E-state index contributed by atoms with van der Waals surface area (Å²) in [5.41, 5.74) is 0. The first-order chi connectivity index (χ1) is 7.72. The third kappa shape index (κ3) is 5.44. The van der Waals surface area contributed by atoms with Crippen molar-refractivity contribution < 1.29 is 19.4 Å². The van der Waals surface area contributed by atoms with Crippen LogP contribution in [-0.4, -0.2) is 50.6 Å². The maximum atomic E-state index is 11.3. The van der Waals surface area contributed by atoms with Gasteiger partial charge in [0.2, 0.25) is 5.91 Å². The quantitative estimate of drug-likeness (QED) is 0.602.